The summed E-state index contributed by atoms with van der Waals surface area (Å²) in [5.74, 6) is 0.373. The second-order valence-corrected chi connectivity index (χ2v) is 12.8. The van der Waals surface area contributed by atoms with E-state index in [9.17, 15) is 14.4 Å². The van der Waals surface area contributed by atoms with Crippen molar-refractivity contribution in [3.05, 3.63) is 83.4 Å². The van der Waals surface area contributed by atoms with Gasteiger partial charge in [0.2, 0.25) is 5.91 Å². The van der Waals surface area contributed by atoms with Crippen molar-refractivity contribution in [2.24, 2.45) is 0 Å². The van der Waals surface area contributed by atoms with Crippen LogP contribution in [0, 0.1) is 0 Å². The number of nitrogens with one attached hydrogen (secondary N) is 2. The van der Waals surface area contributed by atoms with Gasteiger partial charge in [-0.05, 0) is 91.6 Å². The highest BCUT2D eigenvalue weighted by Crippen LogP contribution is 2.48. The van der Waals surface area contributed by atoms with Crippen molar-refractivity contribution in [3.8, 4) is 22.8 Å². The van der Waals surface area contributed by atoms with Crippen LogP contribution in [0.25, 0.3) is 28.2 Å². The molecule has 0 radical (unpaired) electrons. The van der Waals surface area contributed by atoms with Crippen LogP contribution in [0.15, 0.2) is 66.7 Å². The molecule has 3 N–H and O–H groups in total. The summed E-state index contributed by atoms with van der Waals surface area (Å²) in [5, 5.41) is 16.1. The van der Waals surface area contributed by atoms with E-state index >= 15 is 0 Å². The number of nitrogens with zero attached hydrogens (tertiary/aromatic N) is 1. The smallest absolute Gasteiger partial charge is 0.328 e. The molecule has 242 valence electrons. The van der Waals surface area contributed by atoms with Crippen LogP contribution in [0.5, 0.6) is 11.5 Å². The summed E-state index contributed by atoms with van der Waals surface area (Å²) >= 11 is 0. The van der Waals surface area contributed by atoms with E-state index in [1.807, 2.05) is 24.3 Å². The van der Waals surface area contributed by atoms with E-state index < -0.39 is 11.5 Å². The van der Waals surface area contributed by atoms with Gasteiger partial charge in [-0.1, -0.05) is 37.5 Å². The third kappa shape index (κ3) is 5.86. The van der Waals surface area contributed by atoms with Gasteiger partial charge in [0, 0.05) is 39.9 Å². The first-order valence-corrected chi connectivity index (χ1v) is 16.5. The summed E-state index contributed by atoms with van der Waals surface area (Å²) in [4.78, 5) is 38.4. The highest BCUT2D eigenvalue weighted by Gasteiger charge is 2.45. The normalized spacial score (nSPS) is 17.1. The molecule has 47 heavy (non-hydrogen) atoms. The van der Waals surface area contributed by atoms with Gasteiger partial charge in [0.15, 0.2) is 0 Å². The van der Waals surface area contributed by atoms with Crippen LogP contribution in [0.1, 0.15) is 78.8 Å². The maximum Gasteiger partial charge on any atom is 0.328 e. The number of hydrogen-bond acceptors (Lipinski definition) is 5. The van der Waals surface area contributed by atoms with Crippen molar-refractivity contribution in [2.45, 2.75) is 69.4 Å². The first kappa shape index (κ1) is 30.6. The predicted molar refractivity (Wildman–Crippen MR) is 181 cm³/mol. The lowest BCUT2D eigenvalue weighted by Crippen LogP contribution is -2.61. The number of methoxy groups -OCH3 is 1. The molecular formula is C38H39N3O6. The average Bonchev–Trinajstić information content (AvgIpc) is 3.26. The Bertz CT molecular complexity index is 1900. The Labute approximate surface area is 273 Å². The molecular weight excluding hydrogens is 594 g/mol. The molecule has 2 saturated carbocycles. The van der Waals surface area contributed by atoms with Gasteiger partial charge in [-0.25, -0.2) is 4.79 Å². The molecule has 2 amide bonds. The summed E-state index contributed by atoms with van der Waals surface area (Å²) in [7, 11) is 1.66. The van der Waals surface area contributed by atoms with Gasteiger partial charge in [-0.15, -0.1) is 0 Å². The minimum atomic E-state index is -1.05. The summed E-state index contributed by atoms with van der Waals surface area (Å²) in [5.41, 5.74) is 5.21. The lowest BCUT2D eigenvalue weighted by molar-refractivity contribution is -0.131. The van der Waals surface area contributed by atoms with Crippen LogP contribution in [-0.4, -0.2) is 46.7 Å². The first-order valence-electron chi connectivity index (χ1n) is 16.5. The number of aromatic nitrogens is 1. The van der Waals surface area contributed by atoms with E-state index in [4.69, 9.17) is 14.6 Å². The Morgan fingerprint density at radius 1 is 1.00 bits per heavy atom. The highest BCUT2D eigenvalue weighted by atomic mass is 16.5. The summed E-state index contributed by atoms with van der Waals surface area (Å²) < 4.78 is 14.1. The second-order valence-electron chi connectivity index (χ2n) is 12.8. The van der Waals surface area contributed by atoms with Crippen LogP contribution in [0.4, 0.5) is 5.69 Å². The van der Waals surface area contributed by atoms with E-state index in [1.54, 1.807) is 31.4 Å². The number of carboxylic acid groups (broad SMARTS) is 1. The van der Waals surface area contributed by atoms with Crippen molar-refractivity contribution in [1.82, 2.24) is 9.88 Å². The van der Waals surface area contributed by atoms with Crippen molar-refractivity contribution in [2.75, 3.05) is 19.0 Å². The number of amides is 2. The zero-order valence-electron chi connectivity index (χ0n) is 26.5. The van der Waals surface area contributed by atoms with Crippen molar-refractivity contribution in [1.29, 1.82) is 0 Å². The number of hydrogen-bond donors (Lipinski definition) is 3. The number of fused-ring (bicyclic) bond motifs is 5. The second kappa shape index (κ2) is 12.6. The maximum atomic E-state index is 13.9. The fraction of sp³-hybridized carbons (Fsp3) is 0.342. The van der Waals surface area contributed by atoms with Crippen LogP contribution in [0.2, 0.25) is 0 Å². The highest BCUT2D eigenvalue weighted by molar-refractivity contribution is 6.06. The van der Waals surface area contributed by atoms with E-state index in [1.165, 1.54) is 36.3 Å². The number of carbonyl (C=O) groups is 3. The van der Waals surface area contributed by atoms with Crippen LogP contribution >= 0.6 is 0 Å². The van der Waals surface area contributed by atoms with Gasteiger partial charge in [0.05, 0.1) is 19.3 Å². The molecule has 1 aliphatic heterocycles. The third-order valence-corrected chi connectivity index (χ3v) is 9.95. The number of ether oxygens (including phenoxy) is 2. The van der Waals surface area contributed by atoms with E-state index in [-0.39, 0.29) is 11.8 Å². The standard InChI is InChI=1S/C38H39N3O6/c1-46-28-13-15-30-32(23-28)47-20-19-41-31-22-26(12-14-29(31)34(35(30)41)25-8-3-2-4-9-25)36(44)40-38(17-6-18-38)37(45)39-27-10-5-7-24(21-27)11-16-33(42)43/h5,7,10-16,21-23,25H,2-4,6,8-9,17-20H2,1H3,(H,39,45)(H,40,44)(H,42,43)/b16-11+. The molecule has 4 aromatic rings. The molecule has 3 aliphatic rings. The van der Waals surface area contributed by atoms with Gasteiger partial charge < -0.3 is 29.8 Å². The summed E-state index contributed by atoms with van der Waals surface area (Å²) in [6.07, 6.45) is 10.4. The molecule has 9 nitrogen and oxygen atoms in total. The molecule has 0 atom stereocenters. The molecule has 2 fully saturated rings. The monoisotopic (exact) mass is 633 g/mol. The van der Waals surface area contributed by atoms with Gasteiger partial charge in [0.25, 0.3) is 5.91 Å². The Morgan fingerprint density at radius 3 is 2.57 bits per heavy atom. The minimum Gasteiger partial charge on any atom is -0.497 e. The van der Waals surface area contributed by atoms with Crippen molar-refractivity contribution < 1.29 is 29.0 Å². The lowest BCUT2D eigenvalue weighted by Gasteiger charge is -2.40. The molecule has 9 heteroatoms. The molecule has 1 aromatic heterocycles. The number of benzene rings is 3. The van der Waals surface area contributed by atoms with Gasteiger partial charge in [-0.2, -0.15) is 0 Å². The maximum absolute atomic E-state index is 13.9. The summed E-state index contributed by atoms with van der Waals surface area (Å²) in [6, 6.07) is 18.9. The molecule has 0 saturated heterocycles. The number of anilines is 1. The van der Waals surface area contributed by atoms with Gasteiger partial charge >= 0.3 is 5.97 Å². The van der Waals surface area contributed by atoms with Gasteiger partial charge in [-0.3, -0.25) is 9.59 Å². The Balaban J connectivity index is 1.21. The van der Waals surface area contributed by atoms with Crippen LogP contribution < -0.4 is 20.1 Å². The Kier molecular flexibility index (Phi) is 8.22. The van der Waals surface area contributed by atoms with Gasteiger partial charge in [0.1, 0.15) is 23.6 Å². The van der Waals surface area contributed by atoms with Crippen LogP contribution in [0.3, 0.4) is 0 Å². The topological polar surface area (TPSA) is 119 Å². The molecule has 0 unspecified atom stereocenters. The third-order valence-electron chi connectivity index (χ3n) is 9.95. The average molecular weight is 634 g/mol. The van der Waals surface area contributed by atoms with E-state index in [0.717, 1.165) is 53.6 Å². The number of rotatable bonds is 8. The zero-order chi connectivity index (χ0) is 32.5. The van der Waals surface area contributed by atoms with Crippen molar-refractivity contribution in [3.63, 3.8) is 0 Å². The zero-order valence-corrected chi connectivity index (χ0v) is 26.5. The fourth-order valence-corrected chi connectivity index (χ4v) is 7.40. The molecule has 2 heterocycles. The van der Waals surface area contributed by atoms with E-state index in [0.29, 0.717) is 48.7 Å². The van der Waals surface area contributed by atoms with Crippen LogP contribution in [-0.2, 0) is 16.1 Å². The number of carboxylic acids is 1. The Hall–Kier alpha value is -5.05. The summed E-state index contributed by atoms with van der Waals surface area (Å²) in [6.45, 7) is 1.14. The van der Waals surface area contributed by atoms with Crippen molar-refractivity contribution >= 4 is 40.4 Å². The quantitative estimate of drug-likeness (QED) is 0.178. The minimum absolute atomic E-state index is 0.280. The van der Waals surface area contributed by atoms with E-state index in [2.05, 4.69) is 27.3 Å². The molecule has 0 spiro atoms. The molecule has 7 rings (SSSR count). The first-order chi connectivity index (χ1) is 22.8. The number of aliphatic carboxylic acids is 1. The number of carbonyl (C=O) groups excluding carboxylic acids is 2. The Morgan fingerprint density at radius 2 is 1.83 bits per heavy atom. The molecule has 3 aromatic carbocycles. The molecule has 2 aliphatic carbocycles. The predicted octanol–water partition coefficient (Wildman–Crippen LogP) is 7.15. The largest absolute Gasteiger partial charge is 0.497 e. The fourth-order valence-electron chi connectivity index (χ4n) is 7.40. The molecule has 0 bridgehead atoms. The lowest BCUT2D eigenvalue weighted by atomic mass is 9.75. The SMILES string of the molecule is COc1ccc2c(c1)OCCn1c-2c(C2CCCCC2)c2ccc(C(=O)NC3(C(=O)Nc4cccc(/C=C/C(=O)O)c4)CCC3)cc21.